The first-order valence-electron chi connectivity index (χ1n) is 15.6. The molecule has 41 heavy (non-hydrogen) atoms. The number of hydrogen-bond acceptors (Lipinski definition) is 11. The SMILES string of the molecule is CCC(C)COCCOCCOCCOCCOCCOCCOCCOCCOCCOCCOCC(C)CC. The summed E-state index contributed by atoms with van der Waals surface area (Å²) in [6, 6.07) is 0. The van der Waals surface area contributed by atoms with E-state index < -0.39 is 0 Å². The topological polar surface area (TPSA) is 102 Å². The molecular formula is C30H62O11. The molecule has 0 rings (SSSR count). The van der Waals surface area contributed by atoms with Gasteiger partial charge in [-0.2, -0.15) is 0 Å². The summed E-state index contributed by atoms with van der Waals surface area (Å²) in [4.78, 5) is 0. The van der Waals surface area contributed by atoms with Gasteiger partial charge in [-0.05, 0) is 11.8 Å². The van der Waals surface area contributed by atoms with E-state index in [0.717, 1.165) is 26.1 Å². The van der Waals surface area contributed by atoms with Crippen molar-refractivity contribution >= 4 is 0 Å². The van der Waals surface area contributed by atoms with E-state index in [2.05, 4.69) is 27.7 Å². The van der Waals surface area contributed by atoms with Crippen LogP contribution in [0.1, 0.15) is 40.5 Å². The van der Waals surface area contributed by atoms with E-state index in [-0.39, 0.29) is 0 Å². The third kappa shape index (κ3) is 35.7. The van der Waals surface area contributed by atoms with Gasteiger partial charge in [-0.3, -0.25) is 0 Å². The lowest BCUT2D eigenvalue weighted by Gasteiger charge is -2.10. The molecule has 248 valence electrons. The maximum absolute atomic E-state index is 5.53. The Labute approximate surface area is 250 Å². The highest BCUT2D eigenvalue weighted by atomic mass is 16.6. The van der Waals surface area contributed by atoms with E-state index in [1.54, 1.807) is 0 Å². The largest absolute Gasteiger partial charge is 0.379 e. The minimum absolute atomic E-state index is 0.526. The molecule has 0 aromatic carbocycles. The fraction of sp³-hybridized carbons (Fsp3) is 1.00. The molecule has 0 aromatic rings. The number of ether oxygens (including phenoxy) is 11. The lowest BCUT2D eigenvalue weighted by molar-refractivity contribution is -0.0281. The second-order valence-electron chi connectivity index (χ2n) is 9.69. The highest BCUT2D eigenvalue weighted by Crippen LogP contribution is 2.00. The lowest BCUT2D eigenvalue weighted by atomic mass is 10.1. The molecule has 2 atom stereocenters. The molecule has 0 saturated carbocycles. The molecule has 0 aliphatic carbocycles. The van der Waals surface area contributed by atoms with Crippen LogP contribution < -0.4 is 0 Å². The summed E-state index contributed by atoms with van der Waals surface area (Å²) >= 11 is 0. The summed E-state index contributed by atoms with van der Waals surface area (Å²) in [7, 11) is 0. The third-order valence-corrected chi connectivity index (χ3v) is 5.92. The zero-order valence-electron chi connectivity index (χ0n) is 26.6. The van der Waals surface area contributed by atoms with Gasteiger partial charge in [0.15, 0.2) is 0 Å². The molecule has 0 N–H and O–H groups in total. The second kappa shape index (κ2) is 35.8. The summed E-state index contributed by atoms with van der Waals surface area (Å²) in [5.41, 5.74) is 0. The van der Waals surface area contributed by atoms with E-state index in [1.807, 2.05) is 0 Å². The van der Waals surface area contributed by atoms with E-state index in [0.29, 0.717) is 144 Å². The molecule has 11 heteroatoms. The quantitative estimate of drug-likeness (QED) is 0.0994. The zero-order valence-corrected chi connectivity index (χ0v) is 26.6. The van der Waals surface area contributed by atoms with Crippen molar-refractivity contribution in [1.29, 1.82) is 0 Å². The van der Waals surface area contributed by atoms with Crippen molar-refractivity contribution in [3.8, 4) is 0 Å². The number of hydrogen-bond donors (Lipinski definition) is 0. The van der Waals surface area contributed by atoms with Crippen molar-refractivity contribution in [2.24, 2.45) is 11.8 Å². The summed E-state index contributed by atoms with van der Waals surface area (Å²) in [5.74, 6) is 1.20. The molecule has 0 heterocycles. The van der Waals surface area contributed by atoms with Gasteiger partial charge in [0.1, 0.15) is 0 Å². The molecule has 0 amide bonds. The molecule has 0 spiro atoms. The molecule has 0 saturated heterocycles. The maximum atomic E-state index is 5.53. The monoisotopic (exact) mass is 598 g/mol. The summed E-state index contributed by atoms with van der Waals surface area (Å²) < 4.78 is 60.3. The standard InChI is InChI=1S/C30H62O11/c1-5-29(3)27-40-25-23-38-21-19-36-17-15-34-13-11-32-9-7-31-8-10-33-12-14-35-16-18-37-20-22-39-24-26-41-28-30(4)6-2/h29-30H,5-28H2,1-4H3. The first-order chi connectivity index (χ1) is 20.2. The van der Waals surface area contributed by atoms with Crippen LogP contribution in [0.3, 0.4) is 0 Å². The van der Waals surface area contributed by atoms with Crippen LogP contribution in [0.2, 0.25) is 0 Å². The van der Waals surface area contributed by atoms with Gasteiger partial charge in [-0.25, -0.2) is 0 Å². The van der Waals surface area contributed by atoms with Crippen LogP contribution >= 0.6 is 0 Å². The first-order valence-corrected chi connectivity index (χ1v) is 15.6. The second-order valence-corrected chi connectivity index (χ2v) is 9.69. The minimum Gasteiger partial charge on any atom is -0.379 e. The highest BCUT2D eigenvalue weighted by molar-refractivity contribution is 4.47. The van der Waals surface area contributed by atoms with Crippen molar-refractivity contribution < 1.29 is 52.1 Å². The van der Waals surface area contributed by atoms with Crippen molar-refractivity contribution in [2.45, 2.75) is 40.5 Å². The van der Waals surface area contributed by atoms with E-state index in [9.17, 15) is 0 Å². The van der Waals surface area contributed by atoms with Crippen molar-refractivity contribution in [3.63, 3.8) is 0 Å². The molecule has 0 aromatic heterocycles. The Hall–Kier alpha value is -0.440. The van der Waals surface area contributed by atoms with E-state index in [1.165, 1.54) is 0 Å². The average Bonchev–Trinajstić information content (AvgIpc) is 2.99. The fourth-order valence-electron chi connectivity index (χ4n) is 2.90. The molecular weight excluding hydrogens is 536 g/mol. The Balaban J connectivity index is 3.05. The van der Waals surface area contributed by atoms with Gasteiger partial charge in [-0.1, -0.05) is 40.5 Å². The predicted molar refractivity (Wildman–Crippen MR) is 158 cm³/mol. The average molecular weight is 599 g/mol. The number of rotatable bonds is 36. The summed E-state index contributed by atoms with van der Waals surface area (Å²) in [6.45, 7) is 21.4. The van der Waals surface area contributed by atoms with Crippen LogP contribution in [0.25, 0.3) is 0 Å². The molecule has 0 aliphatic rings. The Kier molecular flexibility index (Phi) is 35.4. The summed E-state index contributed by atoms with van der Waals surface area (Å²) in [5, 5.41) is 0. The Morgan fingerprint density at radius 2 is 0.415 bits per heavy atom. The van der Waals surface area contributed by atoms with Crippen LogP contribution in [0.5, 0.6) is 0 Å². The van der Waals surface area contributed by atoms with Gasteiger partial charge in [0.2, 0.25) is 0 Å². The summed E-state index contributed by atoms with van der Waals surface area (Å²) in [6.07, 6.45) is 2.27. The van der Waals surface area contributed by atoms with Crippen LogP contribution in [-0.2, 0) is 52.1 Å². The van der Waals surface area contributed by atoms with Gasteiger partial charge in [0.05, 0.1) is 132 Å². The van der Waals surface area contributed by atoms with Gasteiger partial charge < -0.3 is 52.1 Å². The molecule has 0 bridgehead atoms. The van der Waals surface area contributed by atoms with Gasteiger partial charge >= 0.3 is 0 Å². The molecule has 11 nitrogen and oxygen atoms in total. The predicted octanol–water partition coefficient (Wildman–Crippen LogP) is 3.26. The van der Waals surface area contributed by atoms with E-state index in [4.69, 9.17) is 52.1 Å². The maximum Gasteiger partial charge on any atom is 0.0701 e. The molecule has 2 unspecified atom stereocenters. The van der Waals surface area contributed by atoms with E-state index >= 15 is 0 Å². The smallest absolute Gasteiger partial charge is 0.0701 e. The Bertz CT molecular complexity index is 434. The van der Waals surface area contributed by atoms with Crippen molar-refractivity contribution in [3.05, 3.63) is 0 Å². The lowest BCUT2D eigenvalue weighted by Crippen LogP contribution is -2.15. The minimum atomic E-state index is 0.526. The Morgan fingerprint density at radius 3 is 0.561 bits per heavy atom. The third-order valence-electron chi connectivity index (χ3n) is 5.92. The molecule has 0 radical (unpaired) electrons. The highest BCUT2D eigenvalue weighted by Gasteiger charge is 2.00. The van der Waals surface area contributed by atoms with Crippen LogP contribution in [-0.4, -0.2) is 145 Å². The van der Waals surface area contributed by atoms with Crippen LogP contribution in [0.4, 0.5) is 0 Å². The fourth-order valence-corrected chi connectivity index (χ4v) is 2.90. The van der Waals surface area contributed by atoms with Gasteiger partial charge in [-0.15, -0.1) is 0 Å². The zero-order chi connectivity index (χ0) is 29.9. The van der Waals surface area contributed by atoms with Gasteiger partial charge in [0, 0.05) is 13.2 Å². The first kappa shape index (κ1) is 40.6. The normalized spacial score (nSPS) is 13.2. The Morgan fingerprint density at radius 1 is 0.268 bits per heavy atom. The van der Waals surface area contributed by atoms with Crippen LogP contribution in [0, 0.1) is 11.8 Å². The molecule has 0 fully saturated rings. The van der Waals surface area contributed by atoms with Crippen molar-refractivity contribution in [1.82, 2.24) is 0 Å². The van der Waals surface area contributed by atoms with Gasteiger partial charge in [0.25, 0.3) is 0 Å². The molecule has 0 aliphatic heterocycles. The van der Waals surface area contributed by atoms with Crippen LogP contribution in [0.15, 0.2) is 0 Å². The van der Waals surface area contributed by atoms with Crippen molar-refractivity contribution in [2.75, 3.05) is 145 Å².